The molecule has 2 saturated carbocycles. The number of fused-ring (bicyclic) bond motifs is 1. The minimum atomic E-state index is -0.627. The number of ketones is 1. The third-order valence-corrected chi connectivity index (χ3v) is 6.91. The Balaban J connectivity index is 1.54. The van der Waals surface area contributed by atoms with Crippen molar-refractivity contribution in [1.82, 2.24) is 10.2 Å². The van der Waals surface area contributed by atoms with Gasteiger partial charge in [0.2, 0.25) is 5.91 Å². The molecular formula is C21H28N2O3. The smallest absolute Gasteiger partial charge is 0.237 e. The lowest BCUT2D eigenvalue weighted by molar-refractivity contribution is -0.151. The van der Waals surface area contributed by atoms with Crippen molar-refractivity contribution in [2.45, 2.75) is 45.4 Å². The normalized spacial score (nSPS) is 36.0. The maximum atomic E-state index is 13.5. The molecular weight excluding hydrogens is 328 g/mol. The van der Waals surface area contributed by atoms with E-state index in [-0.39, 0.29) is 35.0 Å². The van der Waals surface area contributed by atoms with Crippen molar-refractivity contribution in [2.75, 3.05) is 19.6 Å². The van der Waals surface area contributed by atoms with Gasteiger partial charge in [0.1, 0.15) is 5.54 Å². The van der Waals surface area contributed by atoms with E-state index >= 15 is 0 Å². The summed E-state index contributed by atoms with van der Waals surface area (Å²) in [4.78, 5) is 27.9. The predicted molar refractivity (Wildman–Crippen MR) is 98.4 cm³/mol. The maximum Gasteiger partial charge on any atom is 0.237 e. The van der Waals surface area contributed by atoms with Crippen molar-refractivity contribution in [3.05, 3.63) is 35.9 Å². The summed E-state index contributed by atoms with van der Waals surface area (Å²) in [6.07, 6.45) is 0.754. The molecule has 3 aliphatic rings. The number of nitrogens with one attached hydrogen (secondary N) is 1. The molecule has 1 amide bonds. The molecule has 5 heteroatoms. The number of amides is 1. The topological polar surface area (TPSA) is 58.6 Å². The fourth-order valence-electron chi connectivity index (χ4n) is 5.39. The first kappa shape index (κ1) is 17.7. The molecule has 3 fully saturated rings. The van der Waals surface area contributed by atoms with Crippen molar-refractivity contribution in [1.29, 1.82) is 0 Å². The first-order valence-electron chi connectivity index (χ1n) is 9.61. The second kappa shape index (κ2) is 6.17. The van der Waals surface area contributed by atoms with Gasteiger partial charge < -0.3 is 15.0 Å². The monoisotopic (exact) mass is 356 g/mol. The molecule has 4 rings (SSSR count). The van der Waals surface area contributed by atoms with E-state index in [9.17, 15) is 9.59 Å². The molecule has 1 aliphatic heterocycles. The molecule has 4 unspecified atom stereocenters. The molecule has 0 bridgehead atoms. The Morgan fingerprint density at radius 3 is 2.65 bits per heavy atom. The van der Waals surface area contributed by atoms with Crippen LogP contribution in [0.1, 0.15) is 32.8 Å². The zero-order valence-electron chi connectivity index (χ0n) is 15.8. The van der Waals surface area contributed by atoms with Crippen molar-refractivity contribution in [3.63, 3.8) is 0 Å². The first-order chi connectivity index (χ1) is 12.4. The molecule has 1 saturated heterocycles. The van der Waals surface area contributed by atoms with E-state index in [0.717, 1.165) is 18.5 Å². The summed E-state index contributed by atoms with van der Waals surface area (Å²) in [6.45, 7) is 8.47. The van der Waals surface area contributed by atoms with Crippen molar-refractivity contribution in [2.24, 2.45) is 17.3 Å². The molecule has 0 spiro atoms. The number of hydrogen-bond donors (Lipinski definition) is 1. The number of rotatable bonds is 4. The van der Waals surface area contributed by atoms with E-state index in [1.54, 1.807) is 0 Å². The van der Waals surface area contributed by atoms with Gasteiger partial charge in [-0.25, -0.2) is 0 Å². The van der Waals surface area contributed by atoms with Crippen LogP contribution in [-0.4, -0.2) is 47.9 Å². The third kappa shape index (κ3) is 2.37. The van der Waals surface area contributed by atoms with E-state index in [1.165, 1.54) is 0 Å². The molecule has 1 aromatic carbocycles. The summed E-state index contributed by atoms with van der Waals surface area (Å²) in [5.74, 6) is 0.226. The predicted octanol–water partition coefficient (Wildman–Crippen LogP) is 2.01. The fraction of sp³-hybridized carbons (Fsp3) is 0.619. The highest BCUT2D eigenvalue weighted by Crippen LogP contribution is 2.70. The highest BCUT2D eigenvalue weighted by Gasteiger charge is 2.81. The van der Waals surface area contributed by atoms with Crippen LogP contribution in [0.5, 0.6) is 0 Å². The summed E-state index contributed by atoms with van der Waals surface area (Å²) in [7, 11) is 0. The quantitative estimate of drug-likeness (QED) is 0.897. The molecule has 1 N–H and O–H groups in total. The number of ether oxygens (including phenoxy) is 1. The average molecular weight is 356 g/mol. The van der Waals surface area contributed by atoms with E-state index in [2.05, 4.69) is 19.2 Å². The van der Waals surface area contributed by atoms with E-state index in [0.29, 0.717) is 19.7 Å². The Kier molecular flexibility index (Phi) is 4.20. The summed E-state index contributed by atoms with van der Waals surface area (Å²) in [5, 5.41) is 3.11. The number of carbonyl (C=O) groups excluding carboxylic acids is 2. The van der Waals surface area contributed by atoms with Crippen LogP contribution >= 0.6 is 0 Å². The molecule has 140 valence electrons. The second-order valence-electron chi connectivity index (χ2n) is 8.49. The van der Waals surface area contributed by atoms with Gasteiger partial charge >= 0.3 is 0 Å². The Morgan fingerprint density at radius 2 is 1.96 bits per heavy atom. The standard InChI is InChI=1S/C21H28N2O3/c1-14-16(26-13-15-7-5-4-6-8-15)11-17-20(2,3)21(17,19(14)25)23-10-9-22-12-18(23)24/h4-8,14,16-17,22H,9-13H2,1-3H3. The van der Waals surface area contributed by atoms with E-state index in [1.807, 2.05) is 42.2 Å². The molecule has 1 aromatic rings. The van der Waals surface area contributed by atoms with Gasteiger partial charge in [-0.1, -0.05) is 51.1 Å². The Labute approximate surface area is 155 Å². The number of benzene rings is 1. The van der Waals surface area contributed by atoms with Crippen LogP contribution < -0.4 is 5.32 Å². The van der Waals surface area contributed by atoms with Gasteiger partial charge in [0.25, 0.3) is 0 Å². The highest BCUT2D eigenvalue weighted by atomic mass is 16.5. The van der Waals surface area contributed by atoms with Crippen LogP contribution in [0.2, 0.25) is 0 Å². The number of hydrogen-bond acceptors (Lipinski definition) is 4. The summed E-state index contributed by atoms with van der Waals surface area (Å²) < 4.78 is 6.16. The number of piperazine rings is 1. The van der Waals surface area contributed by atoms with Gasteiger partial charge in [-0.3, -0.25) is 9.59 Å². The summed E-state index contributed by atoms with van der Waals surface area (Å²) in [6, 6.07) is 10.1. The number of nitrogens with zero attached hydrogens (tertiary/aromatic N) is 1. The zero-order valence-corrected chi connectivity index (χ0v) is 15.8. The Bertz CT molecular complexity index is 717. The third-order valence-electron chi connectivity index (χ3n) is 6.91. The molecule has 5 nitrogen and oxygen atoms in total. The number of carbonyl (C=O) groups is 2. The zero-order chi connectivity index (χ0) is 18.5. The molecule has 1 heterocycles. The lowest BCUT2D eigenvalue weighted by Crippen LogP contribution is -2.61. The SMILES string of the molecule is CC1C(=O)C2(N3CCNCC3=O)C(CC1OCc1ccccc1)C2(C)C. The first-order valence-corrected chi connectivity index (χ1v) is 9.61. The molecule has 26 heavy (non-hydrogen) atoms. The van der Waals surface area contributed by atoms with Gasteiger partial charge in [-0.15, -0.1) is 0 Å². The van der Waals surface area contributed by atoms with Crippen LogP contribution in [0.15, 0.2) is 30.3 Å². The summed E-state index contributed by atoms with van der Waals surface area (Å²) >= 11 is 0. The highest BCUT2D eigenvalue weighted by molar-refractivity contribution is 6.00. The second-order valence-corrected chi connectivity index (χ2v) is 8.49. The van der Waals surface area contributed by atoms with Gasteiger partial charge in [-0.2, -0.15) is 0 Å². The summed E-state index contributed by atoms with van der Waals surface area (Å²) in [5.41, 5.74) is 0.310. The largest absolute Gasteiger partial charge is 0.373 e. The van der Waals surface area contributed by atoms with Gasteiger partial charge in [0.15, 0.2) is 5.78 Å². The average Bonchev–Trinajstić information content (AvgIpc) is 3.14. The minimum Gasteiger partial charge on any atom is -0.373 e. The molecule has 4 atom stereocenters. The van der Waals surface area contributed by atoms with Crippen LogP contribution in [0.25, 0.3) is 0 Å². The lowest BCUT2D eigenvalue weighted by atomic mass is 9.81. The molecule has 2 aliphatic carbocycles. The van der Waals surface area contributed by atoms with Crippen LogP contribution in [0.3, 0.4) is 0 Å². The Morgan fingerprint density at radius 1 is 1.23 bits per heavy atom. The number of Topliss-reactive ketones (excluding diaryl/α,β-unsaturated/α-hetero) is 1. The molecule has 0 aromatic heterocycles. The van der Waals surface area contributed by atoms with Crippen LogP contribution in [-0.2, 0) is 20.9 Å². The van der Waals surface area contributed by atoms with Gasteiger partial charge in [-0.05, 0) is 12.0 Å². The minimum absolute atomic E-state index is 0.0519. The van der Waals surface area contributed by atoms with Gasteiger partial charge in [0.05, 0.1) is 19.3 Å². The van der Waals surface area contributed by atoms with Crippen LogP contribution in [0, 0.1) is 17.3 Å². The van der Waals surface area contributed by atoms with E-state index < -0.39 is 5.54 Å². The van der Waals surface area contributed by atoms with Crippen LogP contribution in [0.4, 0.5) is 0 Å². The van der Waals surface area contributed by atoms with E-state index in [4.69, 9.17) is 4.74 Å². The van der Waals surface area contributed by atoms with Crippen molar-refractivity contribution in [3.8, 4) is 0 Å². The van der Waals surface area contributed by atoms with Crippen molar-refractivity contribution >= 4 is 11.7 Å². The maximum absolute atomic E-state index is 13.5. The molecule has 0 radical (unpaired) electrons. The Hall–Kier alpha value is -1.72. The fourth-order valence-corrected chi connectivity index (χ4v) is 5.39. The van der Waals surface area contributed by atoms with Gasteiger partial charge in [0, 0.05) is 30.3 Å². The lowest BCUT2D eigenvalue weighted by Gasteiger charge is -2.41. The van der Waals surface area contributed by atoms with Crippen molar-refractivity contribution < 1.29 is 14.3 Å².